The number of hydrogen-bond donors (Lipinski definition) is 0. The van der Waals surface area contributed by atoms with E-state index in [2.05, 4.69) is 15.1 Å². The molecule has 1 atom stereocenters. The Morgan fingerprint density at radius 2 is 1.59 bits per heavy atom. The van der Waals surface area contributed by atoms with Gasteiger partial charge < -0.3 is 9.80 Å². The zero-order valence-electron chi connectivity index (χ0n) is 18.2. The van der Waals surface area contributed by atoms with Gasteiger partial charge in [-0.2, -0.15) is 0 Å². The number of fused-ring (bicyclic) bond motifs is 1. The first-order valence-electron chi connectivity index (χ1n) is 11.4. The maximum absolute atomic E-state index is 13.1. The highest BCUT2D eigenvalue weighted by Crippen LogP contribution is 2.36. The van der Waals surface area contributed by atoms with Crippen LogP contribution in [0.1, 0.15) is 70.7 Å². The molecule has 3 aliphatic rings. The van der Waals surface area contributed by atoms with E-state index in [9.17, 15) is 14.4 Å². The molecule has 1 aromatic carbocycles. The molecule has 1 unspecified atom stereocenters. The number of rotatable bonds is 4. The fourth-order valence-electron chi connectivity index (χ4n) is 4.92. The van der Waals surface area contributed by atoms with E-state index in [1.165, 1.54) is 32.1 Å². The number of amides is 3. The largest absolute Gasteiger partial charge is 0.343 e. The highest BCUT2D eigenvalue weighted by molar-refractivity contribution is 7.15. The second kappa shape index (κ2) is 8.61. The molecule has 0 radical (unpaired) electrons. The first kappa shape index (κ1) is 21.1. The summed E-state index contributed by atoms with van der Waals surface area (Å²) in [6, 6.07) is 5.90. The summed E-state index contributed by atoms with van der Waals surface area (Å²) in [6.07, 6.45) is 6.26. The van der Waals surface area contributed by atoms with Crippen LogP contribution in [0.2, 0.25) is 0 Å². The van der Waals surface area contributed by atoms with Gasteiger partial charge in [-0.1, -0.05) is 42.7 Å². The molecule has 1 saturated heterocycles. The molecule has 2 aromatic rings. The van der Waals surface area contributed by atoms with Gasteiger partial charge in [0.2, 0.25) is 11.0 Å². The van der Waals surface area contributed by atoms with Gasteiger partial charge in [0, 0.05) is 32.1 Å². The number of benzene rings is 1. The Kier molecular flexibility index (Phi) is 5.67. The van der Waals surface area contributed by atoms with Crippen LogP contribution in [-0.4, -0.2) is 69.9 Å². The number of carbonyl (C=O) groups excluding carboxylic acids is 3. The van der Waals surface area contributed by atoms with Crippen LogP contribution in [0.3, 0.4) is 0 Å². The summed E-state index contributed by atoms with van der Waals surface area (Å²) in [4.78, 5) is 43.6. The molecule has 9 heteroatoms. The molecular weight excluding hydrogens is 426 g/mol. The smallest absolute Gasteiger partial charge is 0.262 e. The zero-order chi connectivity index (χ0) is 22.2. The molecule has 2 fully saturated rings. The van der Waals surface area contributed by atoms with Crippen molar-refractivity contribution in [1.29, 1.82) is 0 Å². The Morgan fingerprint density at radius 3 is 2.22 bits per heavy atom. The number of imide groups is 1. The second-order valence-corrected chi connectivity index (χ2v) is 9.76. The SMILES string of the molecule is CC(C(=O)N1CCN(c2nnc(C3CCCCC3)s2)CC1)N1C(=O)c2ccccc2C1=O. The van der Waals surface area contributed by atoms with E-state index in [4.69, 9.17) is 0 Å². The lowest BCUT2D eigenvalue weighted by molar-refractivity contribution is -0.135. The summed E-state index contributed by atoms with van der Waals surface area (Å²) in [5, 5.41) is 10.9. The normalized spacial score (nSPS) is 20.6. The van der Waals surface area contributed by atoms with Crippen molar-refractivity contribution < 1.29 is 14.4 Å². The summed E-state index contributed by atoms with van der Waals surface area (Å²) < 4.78 is 0. The number of nitrogens with zero attached hydrogens (tertiary/aromatic N) is 5. The minimum Gasteiger partial charge on any atom is -0.343 e. The molecule has 3 heterocycles. The molecule has 8 nitrogen and oxygen atoms in total. The number of piperazine rings is 1. The van der Waals surface area contributed by atoms with Crippen molar-refractivity contribution in [3.63, 3.8) is 0 Å². The molecule has 0 N–H and O–H groups in total. The van der Waals surface area contributed by atoms with Gasteiger partial charge in [-0.25, -0.2) is 0 Å². The standard InChI is InChI=1S/C23H27N5O3S/c1-15(28-21(30)17-9-5-6-10-18(17)22(28)31)20(29)26-11-13-27(14-12-26)23-25-24-19(32-23)16-7-3-2-4-8-16/h5-6,9-10,15-16H,2-4,7-8,11-14H2,1H3. The molecular formula is C23H27N5O3S. The second-order valence-electron chi connectivity index (χ2n) is 8.77. The lowest BCUT2D eigenvalue weighted by Crippen LogP contribution is -2.55. The lowest BCUT2D eigenvalue weighted by atomic mass is 9.90. The van der Waals surface area contributed by atoms with Gasteiger partial charge in [0.05, 0.1) is 11.1 Å². The van der Waals surface area contributed by atoms with Crippen LogP contribution >= 0.6 is 11.3 Å². The Hall–Kier alpha value is -2.81. The van der Waals surface area contributed by atoms with Crippen LogP contribution in [0.4, 0.5) is 5.13 Å². The van der Waals surface area contributed by atoms with Crippen LogP contribution in [-0.2, 0) is 4.79 Å². The predicted octanol–water partition coefficient (Wildman–Crippen LogP) is 2.92. The summed E-state index contributed by atoms with van der Waals surface area (Å²) in [5.41, 5.74) is 0.735. The minimum atomic E-state index is -0.826. The molecule has 3 amide bonds. The molecule has 0 spiro atoms. The number of carbonyl (C=O) groups is 3. The number of hydrogen-bond acceptors (Lipinski definition) is 7. The lowest BCUT2D eigenvalue weighted by Gasteiger charge is -2.36. The summed E-state index contributed by atoms with van der Waals surface area (Å²) in [7, 11) is 0. The van der Waals surface area contributed by atoms with Crippen LogP contribution < -0.4 is 4.90 Å². The molecule has 5 rings (SSSR count). The van der Waals surface area contributed by atoms with Crippen LogP contribution in [0.25, 0.3) is 0 Å². The quantitative estimate of drug-likeness (QED) is 0.662. The predicted molar refractivity (Wildman–Crippen MR) is 121 cm³/mol. The van der Waals surface area contributed by atoms with Gasteiger partial charge in [-0.3, -0.25) is 19.3 Å². The van der Waals surface area contributed by atoms with Gasteiger partial charge in [-0.15, -0.1) is 10.2 Å². The van der Waals surface area contributed by atoms with Crippen molar-refractivity contribution in [2.75, 3.05) is 31.1 Å². The Bertz CT molecular complexity index is 1000. The molecule has 1 aliphatic carbocycles. The van der Waals surface area contributed by atoms with Crippen LogP contribution in [0.15, 0.2) is 24.3 Å². The van der Waals surface area contributed by atoms with E-state index in [0.717, 1.165) is 15.0 Å². The van der Waals surface area contributed by atoms with E-state index in [1.54, 1.807) is 47.4 Å². The van der Waals surface area contributed by atoms with E-state index in [-0.39, 0.29) is 5.91 Å². The molecule has 1 saturated carbocycles. The minimum absolute atomic E-state index is 0.195. The highest BCUT2D eigenvalue weighted by Gasteiger charge is 2.42. The van der Waals surface area contributed by atoms with Gasteiger partial charge >= 0.3 is 0 Å². The van der Waals surface area contributed by atoms with Gasteiger partial charge in [0.1, 0.15) is 11.0 Å². The summed E-state index contributed by atoms with van der Waals surface area (Å²) in [5.74, 6) is -0.443. The van der Waals surface area contributed by atoms with Crippen molar-refractivity contribution >= 4 is 34.2 Å². The van der Waals surface area contributed by atoms with E-state index in [0.29, 0.717) is 43.2 Å². The Labute approximate surface area is 191 Å². The van der Waals surface area contributed by atoms with Crippen molar-refractivity contribution in [3.8, 4) is 0 Å². The molecule has 2 aliphatic heterocycles. The van der Waals surface area contributed by atoms with Gasteiger partial charge in [0.15, 0.2) is 0 Å². The van der Waals surface area contributed by atoms with Crippen molar-refractivity contribution in [2.45, 2.75) is 51.0 Å². The van der Waals surface area contributed by atoms with E-state index >= 15 is 0 Å². The van der Waals surface area contributed by atoms with Crippen LogP contribution in [0, 0.1) is 0 Å². The molecule has 0 bridgehead atoms. The first-order valence-corrected chi connectivity index (χ1v) is 12.2. The average molecular weight is 454 g/mol. The maximum atomic E-state index is 13.1. The zero-order valence-corrected chi connectivity index (χ0v) is 19.0. The third-order valence-electron chi connectivity index (χ3n) is 6.82. The van der Waals surface area contributed by atoms with Crippen molar-refractivity contribution in [2.24, 2.45) is 0 Å². The van der Waals surface area contributed by atoms with Gasteiger partial charge in [-0.05, 0) is 31.9 Å². The third kappa shape index (κ3) is 3.68. The monoisotopic (exact) mass is 453 g/mol. The topological polar surface area (TPSA) is 86.7 Å². The van der Waals surface area contributed by atoms with Gasteiger partial charge in [0.25, 0.3) is 11.8 Å². The van der Waals surface area contributed by atoms with E-state index < -0.39 is 17.9 Å². The number of anilines is 1. The maximum Gasteiger partial charge on any atom is 0.262 e. The molecule has 1 aromatic heterocycles. The van der Waals surface area contributed by atoms with E-state index in [1.807, 2.05) is 0 Å². The highest BCUT2D eigenvalue weighted by atomic mass is 32.1. The number of aromatic nitrogens is 2. The summed E-state index contributed by atoms with van der Waals surface area (Å²) >= 11 is 1.68. The first-order chi connectivity index (χ1) is 15.5. The fraction of sp³-hybridized carbons (Fsp3) is 0.522. The Balaban J connectivity index is 1.20. The fourth-order valence-corrected chi connectivity index (χ4v) is 5.99. The third-order valence-corrected chi connectivity index (χ3v) is 7.96. The van der Waals surface area contributed by atoms with Crippen molar-refractivity contribution in [1.82, 2.24) is 20.0 Å². The molecule has 168 valence electrons. The van der Waals surface area contributed by atoms with Crippen LogP contribution in [0.5, 0.6) is 0 Å². The average Bonchev–Trinajstić information content (AvgIpc) is 3.43. The Morgan fingerprint density at radius 1 is 0.969 bits per heavy atom. The van der Waals surface area contributed by atoms with Crippen molar-refractivity contribution in [3.05, 3.63) is 40.4 Å². The summed E-state index contributed by atoms with van der Waals surface area (Å²) in [6.45, 7) is 4.03. The molecule has 32 heavy (non-hydrogen) atoms.